The number of hydrogen-bond acceptors (Lipinski definition) is 3. The Morgan fingerprint density at radius 2 is 2.07 bits per heavy atom. The number of nitrogens with one attached hydrogen (secondary N) is 1. The molecule has 0 saturated heterocycles. The Labute approximate surface area is 81.3 Å². The minimum Gasteiger partial charge on any atom is -0.503 e. The zero-order chi connectivity index (χ0) is 11.1. The molecule has 1 aromatic carbocycles. The molecule has 0 bridgehead atoms. The van der Waals surface area contributed by atoms with Crippen LogP contribution in [0, 0.1) is 0 Å². The molecule has 0 fully saturated rings. The second-order valence-corrected chi connectivity index (χ2v) is 2.76. The van der Waals surface area contributed by atoms with Crippen LogP contribution in [0.15, 0.2) is 18.5 Å². The van der Waals surface area contributed by atoms with Crippen LogP contribution in [-0.2, 0) is 0 Å². The third-order valence-corrected chi connectivity index (χ3v) is 1.75. The normalized spacial score (nSPS) is 11.9. The van der Waals surface area contributed by atoms with E-state index in [2.05, 4.69) is 14.7 Å². The van der Waals surface area contributed by atoms with Gasteiger partial charge in [0.25, 0.3) is 0 Å². The number of aromatic amines is 1. The number of alkyl halides is 3. The number of halogens is 3. The van der Waals surface area contributed by atoms with Crippen molar-refractivity contribution in [3.63, 3.8) is 0 Å². The van der Waals surface area contributed by atoms with Crippen LogP contribution < -0.4 is 4.74 Å². The van der Waals surface area contributed by atoms with E-state index in [-0.39, 0.29) is 5.52 Å². The number of ether oxygens (including phenoxy) is 1. The molecule has 0 atom stereocenters. The predicted molar refractivity (Wildman–Crippen MR) is 44.4 cm³/mol. The maximum Gasteiger partial charge on any atom is 0.573 e. The van der Waals surface area contributed by atoms with Gasteiger partial charge < -0.3 is 14.8 Å². The number of aromatic nitrogens is 2. The van der Waals surface area contributed by atoms with Gasteiger partial charge in [0.2, 0.25) is 0 Å². The zero-order valence-corrected chi connectivity index (χ0v) is 7.17. The van der Waals surface area contributed by atoms with E-state index in [1.165, 1.54) is 12.4 Å². The van der Waals surface area contributed by atoms with Crippen LogP contribution in [0.2, 0.25) is 0 Å². The van der Waals surface area contributed by atoms with Crippen LogP contribution in [0.1, 0.15) is 0 Å². The largest absolute Gasteiger partial charge is 0.573 e. The molecule has 0 aliphatic rings. The number of aromatic hydroxyl groups is 1. The van der Waals surface area contributed by atoms with Gasteiger partial charge in [0.1, 0.15) is 5.52 Å². The van der Waals surface area contributed by atoms with Gasteiger partial charge in [-0.15, -0.1) is 13.2 Å². The summed E-state index contributed by atoms with van der Waals surface area (Å²) in [5, 5.41) is 9.39. The minimum absolute atomic E-state index is 0.0387. The fourth-order valence-electron chi connectivity index (χ4n) is 1.18. The minimum atomic E-state index is -4.83. The molecule has 15 heavy (non-hydrogen) atoms. The van der Waals surface area contributed by atoms with E-state index in [9.17, 15) is 18.3 Å². The number of imidazole rings is 1. The summed E-state index contributed by atoms with van der Waals surface area (Å²) >= 11 is 0. The third-order valence-electron chi connectivity index (χ3n) is 1.75. The van der Waals surface area contributed by atoms with Crippen molar-refractivity contribution in [2.24, 2.45) is 0 Å². The summed E-state index contributed by atoms with van der Waals surface area (Å²) in [6.45, 7) is 0. The van der Waals surface area contributed by atoms with Crippen molar-refractivity contribution in [2.45, 2.75) is 6.36 Å². The van der Waals surface area contributed by atoms with Crippen molar-refractivity contribution in [3.05, 3.63) is 18.5 Å². The summed E-state index contributed by atoms with van der Waals surface area (Å²) in [4.78, 5) is 6.30. The van der Waals surface area contributed by atoms with Gasteiger partial charge >= 0.3 is 6.36 Å². The van der Waals surface area contributed by atoms with Crippen LogP contribution >= 0.6 is 0 Å². The lowest BCUT2D eigenvalue weighted by atomic mass is 10.3. The van der Waals surface area contributed by atoms with Crippen molar-refractivity contribution in [2.75, 3.05) is 0 Å². The molecule has 0 amide bonds. The highest BCUT2D eigenvalue weighted by Crippen LogP contribution is 2.35. The fraction of sp³-hybridized carbons (Fsp3) is 0.125. The molecule has 0 spiro atoms. The summed E-state index contributed by atoms with van der Waals surface area (Å²) in [6, 6.07) is 2.35. The molecule has 2 rings (SSSR count). The van der Waals surface area contributed by atoms with Crippen molar-refractivity contribution >= 4 is 11.0 Å². The molecule has 0 aliphatic carbocycles. The number of phenolic OH excluding ortho intramolecular Hbond substituents is 1. The highest BCUT2D eigenvalue weighted by atomic mass is 19.4. The van der Waals surface area contributed by atoms with Gasteiger partial charge in [-0.3, -0.25) is 0 Å². The average molecular weight is 218 g/mol. The molecule has 0 radical (unpaired) electrons. The van der Waals surface area contributed by atoms with E-state index < -0.39 is 17.9 Å². The number of rotatable bonds is 1. The van der Waals surface area contributed by atoms with Gasteiger partial charge in [-0.25, -0.2) is 4.98 Å². The Morgan fingerprint density at radius 1 is 1.33 bits per heavy atom. The predicted octanol–water partition coefficient (Wildman–Crippen LogP) is 2.17. The van der Waals surface area contributed by atoms with Gasteiger partial charge in [-0.2, -0.15) is 0 Å². The van der Waals surface area contributed by atoms with Gasteiger partial charge in [0, 0.05) is 0 Å². The van der Waals surface area contributed by atoms with Crippen molar-refractivity contribution in [1.29, 1.82) is 0 Å². The smallest absolute Gasteiger partial charge is 0.503 e. The van der Waals surface area contributed by atoms with E-state index in [0.29, 0.717) is 5.52 Å². The van der Waals surface area contributed by atoms with E-state index in [0.717, 1.165) is 6.07 Å². The topological polar surface area (TPSA) is 58.1 Å². The summed E-state index contributed by atoms with van der Waals surface area (Å²) in [5.74, 6) is -1.30. The number of phenols is 1. The Bertz CT molecular complexity index is 492. The molecule has 0 unspecified atom stereocenters. The lowest BCUT2D eigenvalue weighted by molar-refractivity contribution is -0.275. The Kier molecular flexibility index (Phi) is 1.95. The fourth-order valence-corrected chi connectivity index (χ4v) is 1.18. The van der Waals surface area contributed by atoms with Crippen LogP contribution in [-0.4, -0.2) is 21.4 Å². The highest BCUT2D eigenvalue weighted by Gasteiger charge is 2.32. The first-order valence-electron chi connectivity index (χ1n) is 3.88. The number of H-pyrrole nitrogens is 1. The lowest BCUT2D eigenvalue weighted by Gasteiger charge is -2.09. The third kappa shape index (κ3) is 1.80. The van der Waals surface area contributed by atoms with Crippen LogP contribution in [0.3, 0.4) is 0 Å². The molecule has 2 N–H and O–H groups in total. The second-order valence-electron chi connectivity index (χ2n) is 2.76. The monoisotopic (exact) mass is 218 g/mol. The van der Waals surface area contributed by atoms with Gasteiger partial charge in [0.05, 0.1) is 11.8 Å². The molecule has 7 heteroatoms. The summed E-state index contributed by atoms with van der Waals surface area (Å²) in [5.41, 5.74) is 0.471. The van der Waals surface area contributed by atoms with E-state index in [1.54, 1.807) is 0 Å². The molecule has 0 saturated carbocycles. The molecule has 2 aromatic rings. The molecule has 0 aliphatic heterocycles. The summed E-state index contributed by atoms with van der Waals surface area (Å²) < 4.78 is 39.3. The van der Waals surface area contributed by atoms with Gasteiger partial charge in [0.15, 0.2) is 11.5 Å². The molecule has 80 valence electrons. The maximum atomic E-state index is 11.9. The number of fused-ring (bicyclic) bond motifs is 1. The van der Waals surface area contributed by atoms with Crippen molar-refractivity contribution < 1.29 is 23.0 Å². The molecular weight excluding hydrogens is 213 g/mol. The zero-order valence-electron chi connectivity index (χ0n) is 7.17. The van der Waals surface area contributed by atoms with Gasteiger partial charge in [-0.1, -0.05) is 0 Å². The van der Waals surface area contributed by atoms with Crippen molar-refractivity contribution in [1.82, 2.24) is 9.97 Å². The standard InChI is InChI=1S/C8H5F3N2O2/c9-8(10,11)15-5-2-1-4-6(7(5)14)13-3-12-4/h1-3,14H,(H,12,13). The van der Waals surface area contributed by atoms with E-state index in [4.69, 9.17) is 0 Å². The second kappa shape index (κ2) is 3.04. The van der Waals surface area contributed by atoms with Crippen LogP contribution in [0.25, 0.3) is 11.0 Å². The van der Waals surface area contributed by atoms with Gasteiger partial charge in [-0.05, 0) is 12.1 Å². The number of benzene rings is 1. The highest BCUT2D eigenvalue weighted by molar-refractivity contribution is 5.83. The van der Waals surface area contributed by atoms with Crippen LogP contribution in [0.4, 0.5) is 13.2 Å². The number of hydrogen-bond donors (Lipinski definition) is 2. The van der Waals surface area contributed by atoms with Crippen molar-refractivity contribution in [3.8, 4) is 11.5 Å². The molecule has 1 heterocycles. The first-order valence-corrected chi connectivity index (χ1v) is 3.88. The SMILES string of the molecule is Oc1c(OC(F)(F)F)ccc2[nH]cnc12. The summed E-state index contributed by atoms with van der Waals surface area (Å²) in [6.07, 6.45) is -3.57. The summed E-state index contributed by atoms with van der Waals surface area (Å²) in [7, 11) is 0. The first-order chi connectivity index (χ1) is 6.97. The molecule has 1 aromatic heterocycles. The maximum absolute atomic E-state index is 11.9. The number of nitrogens with zero attached hydrogens (tertiary/aromatic N) is 1. The average Bonchev–Trinajstić information content (AvgIpc) is 2.56. The quantitative estimate of drug-likeness (QED) is 0.771. The lowest BCUT2D eigenvalue weighted by Crippen LogP contribution is -2.17. The Balaban J connectivity index is 2.48. The Morgan fingerprint density at radius 3 is 2.73 bits per heavy atom. The van der Waals surface area contributed by atoms with Crippen LogP contribution in [0.5, 0.6) is 11.5 Å². The van der Waals surface area contributed by atoms with E-state index in [1.807, 2.05) is 0 Å². The molecule has 4 nitrogen and oxygen atoms in total. The molecular formula is C8H5F3N2O2. The van der Waals surface area contributed by atoms with E-state index >= 15 is 0 Å². The first kappa shape index (κ1) is 9.63. The Hall–Kier alpha value is -1.92.